The van der Waals surface area contributed by atoms with Gasteiger partial charge in [0, 0.05) is 7.05 Å². The van der Waals surface area contributed by atoms with Gasteiger partial charge in [0.15, 0.2) is 5.16 Å². The van der Waals surface area contributed by atoms with E-state index in [-0.39, 0.29) is 22.9 Å². The molecule has 0 saturated carbocycles. The average molecular weight is 451 g/mol. The lowest BCUT2D eigenvalue weighted by atomic mass is 10.3. The van der Waals surface area contributed by atoms with E-state index < -0.39 is 0 Å². The molecule has 0 fully saturated rings. The van der Waals surface area contributed by atoms with Crippen molar-refractivity contribution < 1.29 is 9.53 Å². The second-order valence-electron chi connectivity index (χ2n) is 6.93. The van der Waals surface area contributed by atoms with Crippen LogP contribution in [0.4, 0.5) is 5.69 Å². The third-order valence-electron chi connectivity index (χ3n) is 5.01. The molecule has 2 heterocycles. The largest absolute Gasteiger partial charge is 0.495 e. The number of para-hydroxylation sites is 3. The van der Waals surface area contributed by atoms with Crippen molar-refractivity contribution in [3.05, 3.63) is 77.0 Å². The van der Waals surface area contributed by atoms with Crippen molar-refractivity contribution >= 4 is 23.4 Å². The molecule has 164 valence electrons. The lowest BCUT2D eigenvalue weighted by molar-refractivity contribution is -0.113. The van der Waals surface area contributed by atoms with Crippen molar-refractivity contribution in [2.75, 3.05) is 18.2 Å². The molecule has 0 atom stereocenters. The van der Waals surface area contributed by atoms with E-state index in [1.54, 1.807) is 36.7 Å². The van der Waals surface area contributed by atoms with Crippen LogP contribution in [0, 0.1) is 6.92 Å². The summed E-state index contributed by atoms with van der Waals surface area (Å²) in [6.45, 7) is 1.79. The summed E-state index contributed by atoms with van der Waals surface area (Å²) in [6.07, 6.45) is 1.57. The summed E-state index contributed by atoms with van der Waals surface area (Å²) < 4.78 is 10.4. The molecule has 2 aromatic heterocycles. The highest BCUT2D eigenvalue weighted by molar-refractivity contribution is 7.99. The SMILES string of the molecule is COc1ccccc1-n1cnnc1SCC(=O)Nc1c(C)n(C)n(-c2ccccc2)c1=O. The Morgan fingerprint density at radius 1 is 1.12 bits per heavy atom. The molecule has 4 rings (SSSR count). The number of anilines is 1. The summed E-state index contributed by atoms with van der Waals surface area (Å²) in [7, 11) is 3.37. The zero-order chi connectivity index (χ0) is 22.7. The molecule has 1 N–H and O–H groups in total. The van der Waals surface area contributed by atoms with E-state index in [1.807, 2.05) is 54.6 Å². The summed E-state index contributed by atoms with van der Waals surface area (Å²) in [5, 5.41) is 11.4. The van der Waals surface area contributed by atoms with Crippen molar-refractivity contribution in [2.24, 2.45) is 7.05 Å². The number of nitrogens with one attached hydrogen (secondary N) is 1. The molecular weight excluding hydrogens is 428 g/mol. The van der Waals surface area contributed by atoms with Gasteiger partial charge in [-0.2, -0.15) is 0 Å². The van der Waals surface area contributed by atoms with Crippen LogP contribution in [0.3, 0.4) is 0 Å². The highest BCUT2D eigenvalue weighted by Crippen LogP contribution is 2.26. The number of benzene rings is 2. The first kappa shape index (κ1) is 21.4. The quantitative estimate of drug-likeness (QED) is 0.435. The highest BCUT2D eigenvalue weighted by atomic mass is 32.2. The number of nitrogens with zero attached hydrogens (tertiary/aromatic N) is 5. The maximum Gasteiger partial charge on any atom is 0.295 e. The summed E-state index contributed by atoms with van der Waals surface area (Å²) in [6, 6.07) is 16.8. The van der Waals surface area contributed by atoms with Gasteiger partial charge < -0.3 is 10.1 Å². The maximum absolute atomic E-state index is 13.0. The Morgan fingerprint density at radius 2 is 1.84 bits per heavy atom. The van der Waals surface area contributed by atoms with Gasteiger partial charge in [0.2, 0.25) is 5.91 Å². The number of methoxy groups -OCH3 is 1. The summed E-state index contributed by atoms with van der Waals surface area (Å²) in [5.41, 5.74) is 2.13. The van der Waals surface area contributed by atoms with Crippen LogP contribution in [0.1, 0.15) is 5.69 Å². The van der Waals surface area contributed by atoms with Crippen molar-refractivity contribution in [1.82, 2.24) is 24.1 Å². The Kier molecular flexibility index (Phi) is 6.13. The fraction of sp³-hybridized carbons (Fsp3) is 0.182. The van der Waals surface area contributed by atoms with Crippen molar-refractivity contribution in [3.8, 4) is 17.1 Å². The third kappa shape index (κ3) is 4.04. The predicted molar refractivity (Wildman–Crippen MR) is 123 cm³/mol. The number of ether oxygens (including phenoxy) is 1. The van der Waals surface area contributed by atoms with Crippen LogP contribution in [-0.2, 0) is 11.8 Å². The summed E-state index contributed by atoms with van der Waals surface area (Å²) >= 11 is 1.22. The van der Waals surface area contributed by atoms with Gasteiger partial charge in [-0.1, -0.05) is 42.1 Å². The van der Waals surface area contributed by atoms with Crippen LogP contribution >= 0.6 is 11.8 Å². The van der Waals surface area contributed by atoms with Crippen LogP contribution in [0.2, 0.25) is 0 Å². The second-order valence-corrected chi connectivity index (χ2v) is 7.87. The molecule has 0 bridgehead atoms. The van der Waals surface area contributed by atoms with Crippen LogP contribution < -0.4 is 15.6 Å². The Labute approximate surface area is 188 Å². The number of aromatic nitrogens is 5. The van der Waals surface area contributed by atoms with Gasteiger partial charge >= 0.3 is 0 Å². The number of carbonyl (C=O) groups excluding carboxylic acids is 1. The first-order chi connectivity index (χ1) is 15.5. The molecule has 1 amide bonds. The minimum Gasteiger partial charge on any atom is -0.495 e. The average Bonchev–Trinajstić information content (AvgIpc) is 3.37. The Balaban J connectivity index is 1.51. The molecule has 0 aliphatic carbocycles. The van der Waals surface area contributed by atoms with Crippen molar-refractivity contribution in [3.63, 3.8) is 0 Å². The molecule has 9 nitrogen and oxygen atoms in total. The first-order valence-electron chi connectivity index (χ1n) is 9.81. The molecule has 32 heavy (non-hydrogen) atoms. The Morgan fingerprint density at radius 3 is 2.59 bits per heavy atom. The normalized spacial score (nSPS) is 10.8. The molecule has 0 spiro atoms. The smallest absolute Gasteiger partial charge is 0.295 e. The van der Waals surface area contributed by atoms with Crippen LogP contribution in [0.5, 0.6) is 5.75 Å². The van der Waals surface area contributed by atoms with Gasteiger partial charge in [0.05, 0.1) is 29.9 Å². The molecule has 10 heteroatoms. The van der Waals surface area contributed by atoms with Gasteiger partial charge in [-0.25, -0.2) is 4.68 Å². The molecule has 4 aromatic rings. The number of rotatable bonds is 7. The fourth-order valence-electron chi connectivity index (χ4n) is 3.33. The van der Waals surface area contributed by atoms with Gasteiger partial charge in [0.25, 0.3) is 5.56 Å². The molecule has 0 saturated heterocycles. The van der Waals surface area contributed by atoms with E-state index in [9.17, 15) is 9.59 Å². The number of amides is 1. The van der Waals surface area contributed by atoms with E-state index >= 15 is 0 Å². The van der Waals surface area contributed by atoms with Crippen LogP contribution in [-0.4, -0.2) is 42.9 Å². The van der Waals surface area contributed by atoms with Crippen LogP contribution in [0.25, 0.3) is 11.4 Å². The van der Waals surface area contributed by atoms with E-state index in [0.717, 1.165) is 11.4 Å². The maximum atomic E-state index is 13.0. The van der Waals surface area contributed by atoms with E-state index in [0.29, 0.717) is 16.6 Å². The fourth-order valence-corrected chi connectivity index (χ4v) is 4.06. The standard InChI is InChI=1S/C22H22N6O3S/c1-15-20(21(30)28(26(15)2)16-9-5-4-6-10-16)24-19(29)13-32-22-25-23-14-27(22)17-11-7-8-12-18(17)31-3/h4-12,14H,13H2,1-3H3,(H,24,29). The predicted octanol–water partition coefficient (Wildman–Crippen LogP) is 2.80. The van der Waals surface area contributed by atoms with Gasteiger partial charge in [-0.05, 0) is 31.2 Å². The van der Waals surface area contributed by atoms with Crippen LogP contribution in [0.15, 0.2) is 70.9 Å². The Bertz CT molecular complexity index is 1310. The minimum absolute atomic E-state index is 0.0625. The number of carbonyl (C=O) groups is 1. The number of thioether (sulfide) groups is 1. The minimum atomic E-state index is -0.310. The Hall–Kier alpha value is -3.79. The van der Waals surface area contributed by atoms with E-state index in [4.69, 9.17) is 4.74 Å². The zero-order valence-electron chi connectivity index (χ0n) is 17.8. The second kappa shape index (κ2) is 9.15. The highest BCUT2D eigenvalue weighted by Gasteiger charge is 2.19. The van der Waals surface area contributed by atoms with Gasteiger partial charge in [-0.15, -0.1) is 10.2 Å². The number of hydrogen-bond donors (Lipinski definition) is 1. The van der Waals surface area contributed by atoms with Gasteiger partial charge in [-0.3, -0.25) is 18.8 Å². The molecule has 0 aliphatic rings. The molecule has 0 radical (unpaired) electrons. The first-order valence-corrected chi connectivity index (χ1v) is 10.8. The van der Waals surface area contributed by atoms with Crippen molar-refractivity contribution in [1.29, 1.82) is 0 Å². The molecule has 2 aromatic carbocycles. The lowest BCUT2D eigenvalue weighted by Crippen LogP contribution is -2.23. The topological polar surface area (TPSA) is 96.0 Å². The van der Waals surface area contributed by atoms with E-state index in [2.05, 4.69) is 15.5 Å². The molecular formula is C22H22N6O3S. The third-order valence-corrected chi connectivity index (χ3v) is 5.96. The zero-order valence-corrected chi connectivity index (χ0v) is 18.7. The molecule has 0 unspecified atom stereocenters. The van der Waals surface area contributed by atoms with Crippen molar-refractivity contribution in [2.45, 2.75) is 12.1 Å². The van der Waals surface area contributed by atoms with Gasteiger partial charge in [0.1, 0.15) is 17.8 Å². The van der Waals surface area contributed by atoms with E-state index in [1.165, 1.54) is 16.4 Å². The monoisotopic (exact) mass is 450 g/mol. The molecule has 0 aliphatic heterocycles. The number of hydrogen-bond acceptors (Lipinski definition) is 6. The lowest BCUT2D eigenvalue weighted by Gasteiger charge is -2.10. The summed E-state index contributed by atoms with van der Waals surface area (Å²) in [5.74, 6) is 0.419. The summed E-state index contributed by atoms with van der Waals surface area (Å²) in [4.78, 5) is 25.6.